The maximum Gasteiger partial charge on any atom is 0.0273 e. The van der Waals surface area contributed by atoms with E-state index >= 15 is 0 Å². The van der Waals surface area contributed by atoms with Crippen LogP contribution in [0.1, 0.15) is 0 Å². The lowest BCUT2D eigenvalue weighted by Gasteiger charge is -2.23. The van der Waals surface area contributed by atoms with Crippen LogP contribution in [0.5, 0.6) is 0 Å². The summed E-state index contributed by atoms with van der Waals surface area (Å²) in [6.07, 6.45) is 14.9. The zero-order valence-corrected chi connectivity index (χ0v) is 34.7. The third-order valence-corrected chi connectivity index (χ3v) is 12.6. The lowest BCUT2D eigenvalue weighted by atomic mass is 9.80. The van der Waals surface area contributed by atoms with Crippen LogP contribution in [0.3, 0.4) is 0 Å². The number of hydrogen-bond donors (Lipinski definition) is 0. The molecule has 4 heteroatoms. The second-order valence-electron chi connectivity index (χ2n) is 16.2. The Morgan fingerprint density at radius 2 is 0.359 bits per heavy atom. The highest BCUT2D eigenvalue weighted by Gasteiger charge is 2.23. The third kappa shape index (κ3) is 6.40. The van der Waals surface area contributed by atoms with E-state index in [1.54, 1.807) is 0 Å². The minimum Gasteiger partial charge on any atom is -0.265 e. The van der Waals surface area contributed by atoms with Crippen LogP contribution in [-0.2, 0) is 0 Å². The maximum absolute atomic E-state index is 4.34. The van der Waals surface area contributed by atoms with Crippen molar-refractivity contribution >= 4 is 43.1 Å². The first-order valence-corrected chi connectivity index (χ1v) is 21.6. The molecule has 0 atom stereocenters. The van der Waals surface area contributed by atoms with Crippen molar-refractivity contribution in [3.8, 4) is 77.9 Å². The van der Waals surface area contributed by atoms with Crippen LogP contribution in [-0.4, -0.2) is 19.9 Å². The number of fused-ring (bicyclic) bond motifs is 4. The molecule has 12 aromatic rings. The molecule has 4 heterocycles. The predicted octanol–water partition coefficient (Wildman–Crippen LogP) is 15.5. The molecule has 0 saturated carbocycles. The number of rotatable bonds is 7. The summed E-state index contributed by atoms with van der Waals surface area (Å²) in [4.78, 5) is 17.4. The minimum absolute atomic E-state index is 1.12. The molecule has 0 aliphatic heterocycles. The Morgan fingerprint density at radius 1 is 0.172 bits per heavy atom. The number of benzene rings is 8. The van der Waals surface area contributed by atoms with Crippen LogP contribution in [0.25, 0.3) is 121 Å². The molecule has 0 aliphatic rings. The lowest BCUT2D eigenvalue weighted by Crippen LogP contribution is -1.95. The molecule has 0 aliphatic carbocycles. The molecule has 0 fully saturated rings. The Labute approximate surface area is 370 Å². The van der Waals surface area contributed by atoms with Gasteiger partial charge in [-0.1, -0.05) is 97.1 Å². The zero-order valence-electron chi connectivity index (χ0n) is 34.7. The van der Waals surface area contributed by atoms with Crippen molar-refractivity contribution in [2.24, 2.45) is 0 Å². The molecular formula is C60H38N4. The Bertz CT molecular complexity index is 3220. The topological polar surface area (TPSA) is 51.6 Å². The molecule has 64 heavy (non-hydrogen) atoms. The Balaban J connectivity index is 1.16. The molecule has 0 unspecified atom stereocenters. The SMILES string of the molecule is c1ccc2c(-c3c4ccccc4c(-c4cc(-c5ccncc5)cc(-c5ccncc5)c4)c4ccccc34)c3ccccc3c(-c3cc(-c4ccncc4)cc(-c4ccncc4)c3)c2c1. The average Bonchev–Trinajstić information content (AvgIpc) is 3.38. The molecule has 0 radical (unpaired) electrons. The average molecular weight is 815 g/mol. The van der Waals surface area contributed by atoms with Crippen molar-refractivity contribution in [1.29, 1.82) is 0 Å². The molecule has 4 nitrogen and oxygen atoms in total. The van der Waals surface area contributed by atoms with Crippen LogP contribution in [0, 0.1) is 0 Å². The van der Waals surface area contributed by atoms with Crippen molar-refractivity contribution in [3.63, 3.8) is 0 Å². The van der Waals surface area contributed by atoms with Crippen LogP contribution in [0.4, 0.5) is 0 Å². The summed E-state index contributed by atoms with van der Waals surface area (Å²) >= 11 is 0. The van der Waals surface area contributed by atoms with Gasteiger partial charge in [0, 0.05) is 49.6 Å². The molecule has 8 aromatic carbocycles. The van der Waals surface area contributed by atoms with E-state index in [2.05, 4.69) is 202 Å². The van der Waals surface area contributed by atoms with Gasteiger partial charge in [0.25, 0.3) is 0 Å². The largest absolute Gasteiger partial charge is 0.265 e. The summed E-state index contributed by atoms with van der Waals surface area (Å²) in [6.45, 7) is 0. The fourth-order valence-corrected chi connectivity index (χ4v) is 9.81. The third-order valence-electron chi connectivity index (χ3n) is 12.6. The van der Waals surface area contributed by atoms with Crippen LogP contribution in [0.2, 0.25) is 0 Å². The molecule has 12 rings (SSSR count). The smallest absolute Gasteiger partial charge is 0.0273 e. The standard InChI is InChI=1S/C60H38N4/c1-5-13-53-49(9-1)57(47-35-43(39-17-25-61-26-18-39)33-44(36-47)40-19-27-62-28-20-40)50-10-2-6-14-54(50)59(53)60-55-15-7-3-11-51(55)58(52-12-4-8-16-56(52)60)48-37-45(41-21-29-63-30-22-41)34-46(38-48)42-23-31-64-32-24-42/h1-38H. The highest BCUT2D eigenvalue weighted by atomic mass is 14.6. The Morgan fingerprint density at radius 3 is 0.578 bits per heavy atom. The number of aromatic nitrogens is 4. The van der Waals surface area contributed by atoms with Crippen molar-refractivity contribution in [2.45, 2.75) is 0 Å². The first-order chi connectivity index (χ1) is 31.8. The maximum atomic E-state index is 4.34. The van der Waals surface area contributed by atoms with Gasteiger partial charge >= 0.3 is 0 Å². The van der Waals surface area contributed by atoms with Gasteiger partial charge in [0.05, 0.1) is 0 Å². The summed E-state index contributed by atoms with van der Waals surface area (Å²) in [5, 5.41) is 9.64. The van der Waals surface area contributed by atoms with E-state index in [0.29, 0.717) is 0 Å². The molecular weight excluding hydrogens is 777 g/mol. The van der Waals surface area contributed by atoms with Gasteiger partial charge in [0.15, 0.2) is 0 Å². The molecule has 0 bridgehead atoms. The van der Waals surface area contributed by atoms with Crippen LogP contribution in [0.15, 0.2) is 232 Å². The van der Waals surface area contributed by atoms with Gasteiger partial charge < -0.3 is 0 Å². The number of pyridine rings is 4. The van der Waals surface area contributed by atoms with E-state index in [-0.39, 0.29) is 0 Å². The van der Waals surface area contributed by atoms with E-state index in [0.717, 1.165) is 55.6 Å². The lowest BCUT2D eigenvalue weighted by molar-refractivity contribution is 1.33. The van der Waals surface area contributed by atoms with Crippen LogP contribution < -0.4 is 0 Å². The van der Waals surface area contributed by atoms with Gasteiger partial charge in [0.1, 0.15) is 0 Å². The molecule has 0 spiro atoms. The molecule has 298 valence electrons. The second kappa shape index (κ2) is 15.7. The summed E-state index contributed by atoms with van der Waals surface area (Å²) in [5.74, 6) is 0. The quantitative estimate of drug-likeness (QED) is 0.150. The normalized spacial score (nSPS) is 11.4. The van der Waals surface area contributed by atoms with Gasteiger partial charge in [-0.2, -0.15) is 0 Å². The highest BCUT2D eigenvalue weighted by Crippen LogP contribution is 2.51. The fourth-order valence-electron chi connectivity index (χ4n) is 9.81. The number of nitrogens with zero attached hydrogens (tertiary/aromatic N) is 4. The highest BCUT2D eigenvalue weighted by molar-refractivity contribution is 6.30. The first kappa shape index (κ1) is 37.2. The summed E-state index contributed by atoms with van der Waals surface area (Å²) < 4.78 is 0. The van der Waals surface area contributed by atoms with E-state index in [4.69, 9.17) is 0 Å². The summed E-state index contributed by atoms with van der Waals surface area (Å²) in [7, 11) is 0. The van der Waals surface area contributed by atoms with E-state index in [9.17, 15) is 0 Å². The van der Waals surface area contributed by atoms with Crippen molar-refractivity contribution in [1.82, 2.24) is 19.9 Å². The molecule has 0 amide bonds. The summed E-state index contributed by atoms with van der Waals surface area (Å²) in [5.41, 5.74) is 16.2. The van der Waals surface area contributed by atoms with Gasteiger partial charge in [-0.05, 0) is 206 Å². The fraction of sp³-hybridized carbons (Fsp3) is 0. The van der Waals surface area contributed by atoms with Gasteiger partial charge in [-0.25, -0.2) is 0 Å². The van der Waals surface area contributed by atoms with Gasteiger partial charge in [-0.15, -0.1) is 0 Å². The molecule has 0 saturated heterocycles. The number of hydrogen-bond acceptors (Lipinski definition) is 4. The monoisotopic (exact) mass is 814 g/mol. The van der Waals surface area contributed by atoms with E-state index in [1.807, 2.05) is 49.6 Å². The first-order valence-electron chi connectivity index (χ1n) is 21.6. The minimum atomic E-state index is 1.12. The van der Waals surface area contributed by atoms with Gasteiger partial charge in [0.2, 0.25) is 0 Å². The Hall–Kier alpha value is -8.60. The van der Waals surface area contributed by atoms with E-state index < -0.39 is 0 Å². The van der Waals surface area contributed by atoms with Crippen molar-refractivity contribution in [3.05, 3.63) is 232 Å². The van der Waals surface area contributed by atoms with Crippen molar-refractivity contribution in [2.75, 3.05) is 0 Å². The predicted molar refractivity (Wildman–Crippen MR) is 266 cm³/mol. The second-order valence-corrected chi connectivity index (χ2v) is 16.2. The van der Waals surface area contributed by atoms with E-state index in [1.165, 1.54) is 65.3 Å². The Kier molecular flexibility index (Phi) is 9.12. The van der Waals surface area contributed by atoms with Crippen molar-refractivity contribution < 1.29 is 0 Å². The molecule has 0 N–H and O–H groups in total. The van der Waals surface area contributed by atoms with Gasteiger partial charge in [-0.3, -0.25) is 19.9 Å². The molecule has 4 aromatic heterocycles. The summed E-state index contributed by atoms with van der Waals surface area (Å²) in [6, 6.07) is 66.5. The zero-order chi connectivity index (χ0) is 42.4. The van der Waals surface area contributed by atoms with Crippen LogP contribution >= 0.6 is 0 Å².